The van der Waals surface area contributed by atoms with Crippen LogP contribution in [0.5, 0.6) is 5.75 Å². The predicted octanol–water partition coefficient (Wildman–Crippen LogP) is 3.92. The number of ether oxygens (including phenoxy) is 1. The van der Waals surface area contributed by atoms with Crippen molar-refractivity contribution in [1.29, 1.82) is 0 Å². The van der Waals surface area contributed by atoms with Gasteiger partial charge in [-0.15, -0.1) is 0 Å². The van der Waals surface area contributed by atoms with Gasteiger partial charge in [0.2, 0.25) is 0 Å². The Morgan fingerprint density at radius 3 is 2.48 bits per heavy atom. The molecule has 0 saturated carbocycles. The van der Waals surface area contributed by atoms with Gasteiger partial charge in [-0.1, -0.05) is 12.1 Å². The molecule has 2 aromatic rings. The van der Waals surface area contributed by atoms with E-state index in [4.69, 9.17) is 4.74 Å². The number of hydrogen-bond acceptors (Lipinski definition) is 4. The second-order valence-corrected chi connectivity index (χ2v) is 4.56. The number of nitrogens with zero attached hydrogens (tertiary/aromatic N) is 1. The summed E-state index contributed by atoms with van der Waals surface area (Å²) >= 11 is 0. The van der Waals surface area contributed by atoms with Crippen molar-refractivity contribution in [3.63, 3.8) is 0 Å². The molecule has 2 aromatic carbocycles. The van der Waals surface area contributed by atoms with Gasteiger partial charge in [0.05, 0.1) is 12.0 Å². The number of benzene rings is 2. The van der Waals surface area contributed by atoms with Crippen molar-refractivity contribution in [2.75, 3.05) is 12.4 Å². The summed E-state index contributed by atoms with van der Waals surface area (Å²) in [6.45, 7) is 1.89. The first kappa shape index (κ1) is 14.8. The van der Waals surface area contributed by atoms with Crippen molar-refractivity contribution in [3.8, 4) is 5.75 Å². The van der Waals surface area contributed by atoms with E-state index in [1.165, 1.54) is 31.4 Å². The van der Waals surface area contributed by atoms with E-state index >= 15 is 0 Å². The average Bonchev–Trinajstić information content (AvgIpc) is 2.47. The van der Waals surface area contributed by atoms with Crippen LogP contribution in [0, 0.1) is 15.9 Å². The third-order valence-electron chi connectivity index (χ3n) is 3.13. The fourth-order valence-electron chi connectivity index (χ4n) is 2.01. The second kappa shape index (κ2) is 6.21. The van der Waals surface area contributed by atoms with Gasteiger partial charge in [0.1, 0.15) is 5.82 Å². The second-order valence-electron chi connectivity index (χ2n) is 4.56. The Hall–Kier alpha value is -2.63. The smallest absolute Gasteiger partial charge is 0.312 e. The first-order chi connectivity index (χ1) is 10.0. The molecule has 0 heterocycles. The van der Waals surface area contributed by atoms with Gasteiger partial charge >= 0.3 is 5.69 Å². The van der Waals surface area contributed by atoms with E-state index in [0.29, 0.717) is 5.69 Å². The molecule has 5 nitrogen and oxygen atoms in total. The maximum absolute atomic E-state index is 12.9. The fourth-order valence-corrected chi connectivity index (χ4v) is 2.01. The number of nitro groups is 1. The third-order valence-corrected chi connectivity index (χ3v) is 3.13. The summed E-state index contributed by atoms with van der Waals surface area (Å²) in [5.74, 6) is -0.0916. The molecule has 1 unspecified atom stereocenters. The van der Waals surface area contributed by atoms with E-state index in [-0.39, 0.29) is 23.3 Å². The van der Waals surface area contributed by atoms with Crippen LogP contribution in [0.4, 0.5) is 15.8 Å². The van der Waals surface area contributed by atoms with Gasteiger partial charge in [-0.3, -0.25) is 10.1 Å². The summed E-state index contributed by atoms with van der Waals surface area (Å²) in [7, 11) is 1.39. The van der Waals surface area contributed by atoms with Gasteiger partial charge in [0.25, 0.3) is 0 Å². The standard InChI is InChI=1S/C15H15FN2O3/c1-10(11-3-5-12(16)6-4-11)17-13-7-8-15(21-2)14(9-13)18(19)20/h3-10,17H,1-2H3. The van der Waals surface area contributed by atoms with Crippen LogP contribution < -0.4 is 10.1 Å². The van der Waals surface area contributed by atoms with Crippen molar-refractivity contribution < 1.29 is 14.1 Å². The van der Waals surface area contributed by atoms with Crippen LogP contribution in [-0.4, -0.2) is 12.0 Å². The Morgan fingerprint density at radius 2 is 1.90 bits per heavy atom. The fraction of sp³-hybridized carbons (Fsp3) is 0.200. The molecule has 110 valence electrons. The molecule has 21 heavy (non-hydrogen) atoms. The summed E-state index contributed by atoms with van der Waals surface area (Å²) < 4.78 is 17.8. The maximum Gasteiger partial charge on any atom is 0.312 e. The lowest BCUT2D eigenvalue weighted by Crippen LogP contribution is -2.07. The van der Waals surface area contributed by atoms with Gasteiger partial charge < -0.3 is 10.1 Å². The quantitative estimate of drug-likeness (QED) is 0.669. The summed E-state index contributed by atoms with van der Waals surface area (Å²) in [4.78, 5) is 10.5. The van der Waals surface area contributed by atoms with Crippen molar-refractivity contribution in [2.24, 2.45) is 0 Å². The van der Waals surface area contributed by atoms with E-state index in [1.807, 2.05) is 6.92 Å². The SMILES string of the molecule is COc1ccc(NC(C)c2ccc(F)cc2)cc1[N+](=O)[O-]. The monoisotopic (exact) mass is 290 g/mol. The molecule has 0 aromatic heterocycles. The molecular weight excluding hydrogens is 275 g/mol. The molecule has 0 amide bonds. The molecule has 0 aliphatic rings. The molecule has 0 aliphatic heterocycles. The molecule has 1 atom stereocenters. The van der Waals surface area contributed by atoms with Crippen molar-refractivity contribution in [1.82, 2.24) is 0 Å². The molecule has 0 spiro atoms. The molecule has 0 aliphatic carbocycles. The Balaban J connectivity index is 2.21. The summed E-state index contributed by atoms with van der Waals surface area (Å²) in [5.41, 5.74) is 1.38. The van der Waals surface area contributed by atoms with Gasteiger partial charge in [0.15, 0.2) is 5.75 Å². The zero-order valence-electron chi connectivity index (χ0n) is 11.7. The Bertz CT molecular complexity index is 644. The summed E-state index contributed by atoms with van der Waals surface area (Å²) in [6, 6.07) is 10.6. The largest absolute Gasteiger partial charge is 0.490 e. The predicted molar refractivity (Wildman–Crippen MR) is 78.1 cm³/mol. The average molecular weight is 290 g/mol. The molecular formula is C15H15FN2O3. The molecule has 2 rings (SSSR count). The minimum Gasteiger partial charge on any atom is -0.490 e. The van der Waals surface area contributed by atoms with Crippen molar-refractivity contribution in [3.05, 3.63) is 64.0 Å². The zero-order valence-corrected chi connectivity index (χ0v) is 11.7. The minimum absolute atomic E-state index is 0.103. The number of methoxy groups -OCH3 is 1. The van der Waals surface area contributed by atoms with Crippen molar-refractivity contribution in [2.45, 2.75) is 13.0 Å². The Kier molecular flexibility index (Phi) is 4.37. The van der Waals surface area contributed by atoms with Crippen LogP contribution in [0.3, 0.4) is 0 Å². The first-order valence-corrected chi connectivity index (χ1v) is 6.35. The van der Waals surface area contributed by atoms with E-state index in [9.17, 15) is 14.5 Å². The highest BCUT2D eigenvalue weighted by Crippen LogP contribution is 2.31. The van der Waals surface area contributed by atoms with Crippen LogP contribution in [0.15, 0.2) is 42.5 Å². The molecule has 0 fully saturated rings. The van der Waals surface area contributed by atoms with E-state index in [2.05, 4.69) is 5.32 Å². The Labute approximate surface area is 121 Å². The van der Waals surface area contributed by atoms with Crippen LogP contribution in [0.2, 0.25) is 0 Å². The number of nitrogens with one attached hydrogen (secondary N) is 1. The topological polar surface area (TPSA) is 64.4 Å². The lowest BCUT2D eigenvalue weighted by atomic mass is 10.1. The van der Waals surface area contributed by atoms with Crippen LogP contribution in [0.25, 0.3) is 0 Å². The lowest BCUT2D eigenvalue weighted by Gasteiger charge is -2.16. The molecule has 0 saturated heterocycles. The minimum atomic E-state index is -0.493. The molecule has 6 heteroatoms. The highest BCUT2D eigenvalue weighted by atomic mass is 19.1. The van der Waals surface area contributed by atoms with Crippen LogP contribution >= 0.6 is 0 Å². The van der Waals surface area contributed by atoms with Crippen LogP contribution in [0.1, 0.15) is 18.5 Å². The lowest BCUT2D eigenvalue weighted by molar-refractivity contribution is -0.385. The van der Waals surface area contributed by atoms with Gasteiger partial charge in [-0.05, 0) is 36.8 Å². The normalized spacial score (nSPS) is 11.8. The molecule has 1 N–H and O–H groups in total. The van der Waals surface area contributed by atoms with Crippen LogP contribution in [-0.2, 0) is 0 Å². The zero-order chi connectivity index (χ0) is 15.4. The van der Waals surface area contributed by atoms with E-state index in [0.717, 1.165) is 5.56 Å². The number of nitro benzene ring substituents is 1. The van der Waals surface area contributed by atoms with Gasteiger partial charge in [-0.2, -0.15) is 0 Å². The Morgan fingerprint density at radius 1 is 1.24 bits per heavy atom. The first-order valence-electron chi connectivity index (χ1n) is 6.35. The number of hydrogen-bond donors (Lipinski definition) is 1. The van der Waals surface area contributed by atoms with E-state index in [1.54, 1.807) is 18.2 Å². The number of anilines is 1. The van der Waals surface area contributed by atoms with E-state index < -0.39 is 4.92 Å². The highest BCUT2D eigenvalue weighted by Gasteiger charge is 2.16. The highest BCUT2D eigenvalue weighted by molar-refractivity contribution is 5.59. The third kappa shape index (κ3) is 3.47. The van der Waals surface area contributed by atoms with Gasteiger partial charge in [0, 0.05) is 17.8 Å². The maximum atomic E-state index is 12.9. The summed E-state index contributed by atoms with van der Waals surface area (Å²) in [6.07, 6.45) is 0. The van der Waals surface area contributed by atoms with Crippen molar-refractivity contribution >= 4 is 11.4 Å². The van der Waals surface area contributed by atoms with Gasteiger partial charge in [-0.25, -0.2) is 4.39 Å². The molecule has 0 radical (unpaired) electrons. The number of halogens is 1. The summed E-state index contributed by atoms with van der Waals surface area (Å²) in [5, 5.41) is 14.1. The molecule has 0 bridgehead atoms. The number of rotatable bonds is 5.